The summed E-state index contributed by atoms with van der Waals surface area (Å²) in [5, 5.41) is 17.8. The van der Waals surface area contributed by atoms with Crippen LogP contribution >= 0.6 is 39.3 Å². The predicted octanol–water partition coefficient (Wildman–Crippen LogP) is 5.60. The number of ether oxygens (including phenoxy) is 2. The van der Waals surface area contributed by atoms with Gasteiger partial charge in [0.05, 0.1) is 11.6 Å². The van der Waals surface area contributed by atoms with Crippen LogP contribution in [0.3, 0.4) is 0 Å². The molecule has 0 saturated heterocycles. The monoisotopic (exact) mass is 510 g/mol. The van der Waals surface area contributed by atoms with Crippen molar-refractivity contribution in [3.05, 3.63) is 67.8 Å². The van der Waals surface area contributed by atoms with Gasteiger partial charge in [0.15, 0.2) is 11.5 Å². The van der Waals surface area contributed by atoms with Crippen molar-refractivity contribution in [1.29, 1.82) is 0 Å². The Labute approximate surface area is 190 Å². The molecule has 0 fully saturated rings. The van der Waals surface area contributed by atoms with Crippen molar-refractivity contribution >= 4 is 51.3 Å². The van der Waals surface area contributed by atoms with Crippen molar-refractivity contribution < 1.29 is 23.8 Å². The number of rotatable bonds is 8. The summed E-state index contributed by atoms with van der Waals surface area (Å²) in [7, 11) is 1.51. The number of carbonyl (C=O) groups is 1. The van der Waals surface area contributed by atoms with E-state index in [2.05, 4.69) is 26.1 Å². The molecule has 1 aromatic heterocycles. The van der Waals surface area contributed by atoms with Crippen LogP contribution < -0.4 is 9.47 Å². The first-order chi connectivity index (χ1) is 14.4. The molecule has 0 bridgehead atoms. The minimum atomic E-state index is -1.12. The lowest BCUT2D eigenvalue weighted by Gasteiger charge is -2.14. The van der Waals surface area contributed by atoms with Gasteiger partial charge in [0.1, 0.15) is 11.5 Å². The van der Waals surface area contributed by atoms with Crippen LogP contribution in [0.2, 0.25) is 5.02 Å². The number of carboxylic acids is 1. The molecule has 10 heteroatoms. The molecule has 0 aliphatic heterocycles. The molecule has 0 spiro atoms. The van der Waals surface area contributed by atoms with Crippen LogP contribution in [0.15, 0.2) is 55.4 Å². The second kappa shape index (κ2) is 10.0. The van der Waals surface area contributed by atoms with Crippen molar-refractivity contribution in [2.24, 2.45) is 0 Å². The van der Waals surface area contributed by atoms with Gasteiger partial charge in [-0.15, -0.1) is 10.2 Å². The number of aryl methyl sites for hydroxylation is 1. The summed E-state index contributed by atoms with van der Waals surface area (Å²) < 4.78 is 17.2. The molecule has 0 aliphatic carbocycles. The molecule has 3 rings (SSSR count). The van der Waals surface area contributed by atoms with E-state index in [1.165, 1.54) is 13.2 Å². The van der Waals surface area contributed by atoms with Crippen molar-refractivity contribution in [2.45, 2.75) is 18.8 Å². The van der Waals surface area contributed by atoms with Crippen LogP contribution in [0.1, 0.15) is 17.0 Å². The van der Waals surface area contributed by atoms with Gasteiger partial charge in [-0.1, -0.05) is 23.7 Å². The van der Waals surface area contributed by atoms with Crippen LogP contribution in [-0.2, 0) is 11.4 Å². The number of thioether (sulfide) groups is 1. The fourth-order valence-corrected chi connectivity index (χ4v) is 3.81. The topological polar surface area (TPSA) is 94.7 Å². The smallest absolute Gasteiger partial charge is 0.342 e. The third-order valence-corrected chi connectivity index (χ3v) is 5.45. The Morgan fingerprint density at radius 1 is 1.30 bits per heavy atom. The van der Waals surface area contributed by atoms with Gasteiger partial charge in [-0.2, -0.15) is 0 Å². The standard InChI is InChI=1S/C20H16BrClN2O5S/c1-11-23-24-20(29-11)30-17(19(25)26)9-13-7-15(21)18(16(8-13)27-2)28-10-12-3-5-14(22)6-4-12/h3-9H,10H2,1-2H3,(H,25,26)/b17-9-. The molecule has 0 atom stereocenters. The van der Waals surface area contributed by atoms with E-state index in [1.807, 2.05) is 12.1 Å². The summed E-state index contributed by atoms with van der Waals surface area (Å²) in [4.78, 5) is 11.7. The molecular weight excluding hydrogens is 496 g/mol. The summed E-state index contributed by atoms with van der Waals surface area (Å²) in [5.74, 6) is 0.192. The molecular formula is C20H16BrClN2O5S. The number of hydrogen-bond donors (Lipinski definition) is 1. The second-order valence-electron chi connectivity index (χ2n) is 5.95. The highest BCUT2D eigenvalue weighted by Crippen LogP contribution is 2.38. The van der Waals surface area contributed by atoms with Crippen molar-refractivity contribution in [2.75, 3.05) is 7.11 Å². The fourth-order valence-electron chi connectivity index (χ4n) is 2.40. The number of nitrogens with zero attached hydrogens (tertiary/aromatic N) is 2. The SMILES string of the molecule is COc1cc(/C=C(\Sc2nnc(C)o2)C(=O)O)cc(Br)c1OCc1ccc(Cl)cc1. The van der Waals surface area contributed by atoms with Gasteiger partial charge in [-0.25, -0.2) is 4.79 Å². The van der Waals surface area contributed by atoms with Gasteiger partial charge in [-0.3, -0.25) is 0 Å². The zero-order chi connectivity index (χ0) is 21.7. The first kappa shape index (κ1) is 22.2. The number of aliphatic carboxylic acids is 1. The maximum Gasteiger partial charge on any atom is 0.342 e. The van der Waals surface area contributed by atoms with Crippen LogP contribution in [0, 0.1) is 6.92 Å². The zero-order valence-electron chi connectivity index (χ0n) is 15.9. The fraction of sp³-hybridized carbons (Fsp3) is 0.150. The van der Waals surface area contributed by atoms with Crippen molar-refractivity contribution in [3.63, 3.8) is 0 Å². The quantitative estimate of drug-likeness (QED) is 0.308. The largest absolute Gasteiger partial charge is 0.493 e. The van der Waals surface area contributed by atoms with Crippen molar-refractivity contribution in [3.8, 4) is 11.5 Å². The van der Waals surface area contributed by atoms with Gasteiger partial charge in [0.25, 0.3) is 5.22 Å². The number of halogens is 2. The average molecular weight is 512 g/mol. The Hall–Kier alpha value is -2.49. The Bertz CT molecular complexity index is 1090. The van der Waals surface area contributed by atoms with Gasteiger partial charge < -0.3 is 19.0 Å². The summed E-state index contributed by atoms with van der Waals surface area (Å²) in [6.45, 7) is 1.94. The van der Waals surface area contributed by atoms with Crippen LogP contribution in [0.5, 0.6) is 11.5 Å². The Kier molecular flexibility index (Phi) is 7.41. The highest BCUT2D eigenvalue weighted by atomic mass is 79.9. The molecule has 0 radical (unpaired) electrons. The molecule has 7 nitrogen and oxygen atoms in total. The van der Waals surface area contributed by atoms with E-state index in [9.17, 15) is 9.90 Å². The molecule has 0 saturated carbocycles. The molecule has 30 heavy (non-hydrogen) atoms. The first-order valence-corrected chi connectivity index (χ1v) is 10.5. The average Bonchev–Trinajstić information content (AvgIpc) is 3.12. The minimum absolute atomic E-state index is 0.0161. The minimum Gasteiger partial charge on any atom is -0.493 e. The van der Waals surface area contributed by atoms with E-state index in [-0.39, 0.29) is 10.1 Å². The summed E-state index contributed by atoms with van der Waals surface area (Å²) in [5.41, 5.74) is 1.54. The third-order valence-electron chi connectivity index (χ3n) is 3.76. The molecule has 0 unspecified atom stereocenters. The Morgan fingerprint density at radius 2 is 2.03 bits per heavy atom. The van der Waals surface area contributed by atoms with E-state index in [0.29, 0.717) is 39.1 Å². The molecule has 1 N–H and O–H groups in total. The normalized spacial score (nSPS) is 11.4. The van der Waals surface area contributed by atoms with Gasteiger partial charge >= 0.3 is 5.97 Å². The maximum atomic E-state index is 11.6. The van der Waals surface area contributed by atoms with E-state index >= 15 is 0 Å². The molecule has 0 amide bonds. The Morgan fingerprint density at radius 3 is 2.63 bits per heavy atom. The van der Waals surface area contributed by atoms with E-state index < -0.39 is 5.97 Å². The lowest BCUT2D eigenvalue weighted by molar-refractivity contribution is -0.131. The van der Waals surface area contributed by atoms with E-state index in [0.717, 1.165) is 17.3 Å². The van der Waals surface area contributed by atoms with Crippen molar-refractivity contribution in [1.82, 2.24) is 10.2 Å². The molecule has 2 aromatic carbocycles. The predicted molar refractivity (Wildman–Crippen MR) is 117 cm³/mol. The lowest BCUT2D eigenvalue weighted by atomic mass is 10.2. The number of carboxylic acid groups (broad SMARTS) is 1. The van der Waals surface area contributed by atoms with Gasteiger partial charge in [0.2, 0.25) is 5.89 Å². The highest BCUT2D eigenvalue weighted by Gasteiger charge is 2.16. The second-order valence-corrected chi connectivity index (χ2v) is 8.24. The van der Waals surface area contributed by atoms with E-state index in [4.69, 9.17) is 25.5 Å². The number of methoxy groups -OCH3 is 1. The lowest BCUT2D eigenvalue weighted by Crippen LogP contribution is -2.00. The van der Waals surface area contributed by atoms with Crippen LogP contribution in [0.4, 0.5) is 0 Å². The van der Waals surface area contributed by atoms with Crippen LogP contribution in [-0.4, -0.2) is 28.4 Å². The third kappa shape index (κ3) is 5.78. The molecule has 1 heterocycles. The van der Waals surface area contributed by atoms with Gasteiger partial charge in [0, 0.05) is 11.9 Å². The van der Waals surface area contributed by atoms with E-state index in [1.54, 1.807) is 31.2 Å². The number of benzene rings is 2. The molecule has 156 valence electrons. The van der Waals surface area contributed by atoms with Crippen LogP contribution in [0.25, 0.3) is 6.08 Å². The molecule has 0 aliphatic rings. The summed E-state index contributed by atoms with van der Waals surface area (Å²) in [6, 6.07) is 10.7. The highest BCUT2D eigenvalue weighted by molar-refractivity contribution is 9.10. The summed E-state index contributed by atoms with van der Waals surface area (Å²) >= 11 is 10.2. The zero-order valence-corrected chi connectivity index (χ0v) is 19.0. The number of hydrogen-bond acceptors (Lipinski definition) is 7. The molecule has 3 aromatic rings. The first-order valence-electron chi connectivity index (χ1n) is 8.53. The van der Waals surface area contributed by atoms with Gasteiger partial charge in [-0.05, 0) is 69.2 Å². The maximum absolute atomic E-state index is 11.6. The Balaban J connectivity index is 1.84. The summed E-state index contributed by atoms with van der Waals surface area (Å²) in [6.07, 6.45) is 1.49. The number of aromatic nitrogens is 2.